The second kappa shape index (κ2) is 7.92. The maximum absolute atomic E-state index is 10.5. The molecule has 0 spiro atoms. The fraction of sp³-hybridized carbons (Fsp3) is 0.909. The Kier molecular flexibility index (Phi) is 6.84. The Bertz CT molecular complexity index is 204. The zero-order chi connectivity index (χ0) is 11.8. The van der Waals surface area contributed by atoms with E-state index in [1.54, 1.807) is 18.7 Å². The fourth-order valence-corrected chi connectivity index (χ4v) is 2.29. The molecule has 2 atom stereocenters. The Hall–Kier alpha value is -0.260. The van der Waals surface area contributed by atoms with Gasteiger partial charge in [-0.25, -0.2) is 0 Å². The maximum Gasteiger partial charge on any atom is 0.307 e. The lowest BCUT2D eigenvalue weighted by Crippen LogP contribution is -2.23. The first-order valence-corrected chi connectivity index (χ1v) is 6.89. The van der Waals surface area contributed by atoms with Crippen molar-refractivity contribution < 1.29 is 19.4 Å². The average Bonchev–Trinajstić information content (AvgIpc) is 2.29. The molecular weight excluding hydrogens is 228 g/mol. The van der Waals surface area contributed by atoms with E-state index in [1.165, 1.54) is 6.42 Å². The maximum atomic E-state index is 10.5. The molecule has 1 saturated heterocycles. The first-order valence-electron chi connectivity index (χ1n) is 5.74. The van der Waals surface area contributed by atoms with Crippen LogP contribution >= 0.6 is 11.8 Å². The molecule has 1 aliphatic heterocycles. The summed E-state index contributed by atoms with van der Waals surface area (Å²) in [6, 6.07) is 0. The summed E-state index contributed by atoms with van der Waals surface area (Å²) in [7, 11) is 0. The van der Waals surface area contributed by atoms with Crippen molar-refractivity contribution in [2.45, 2.75) is 32.5 Å². The molecule has 1 N–H and O–H groups in total. The number of aliphatic carboxylic acids is 1. The Labute approximate surface area is 101 Å². The Morgan fingerprint density at radius 1 is 1.62 bits per heavy atom. The molecule has 2 unspecified atom stereocenters. The second-order valence-corrected chi connectivity index (χ2v) is 5.13. The molecule has 0 aromatic heterocycles. The zero-order valence-electron chi connectivity index (χ0n) is 9.68. The minimum atomic E-state index is -0.732. The highest BCUT2D eigenvalue weighted by molar-refractivity contribution is 7.99. The van der Waals surface area contributed by atoms with Gasteiger partial charge in [0.2, 0.25) is 0 Å². The van der Waals surface area contributed by atoms with Crippen molar-refractivity contribution in [1.82, 2.24) is 0 Å². The fourth-order valence-electron chi connectivity index (χ4n) is 1.41. The van der Waals surface area contributed by atoms with Gasteiger partial charge in [-0.1, -0.05) is 6.92 Å². The van der Waals surface area contributed by atoms with Crippen LogP contribution in [-0.4, -0.2) is 42.1 Å². The van der Waals surface area contributed by atoms with Crippen LogP contribution in [0.4, 0.5) is 0 Å². The molecule has 4 nitrogen and oxygen atoms in total. The third-order valence-electron chi connectivity index (χ3n) is 2.46. The van der Waals surface area contributed by atoms with Crippen LogP contribution in [0, 0.1) is 5.92 Å². The summed E-state index contributed by atoms with van der Waals surface area (Å²) in [5.41, 5.74) is 0. The monoisotopic (exact) mass is 248 g/mol. The van der Waals surface area contributed by atoms with Crippen molar-refractivity contribution in [2.24, 2.45) is 5.92 Å². The molecular formula is C11H20O4S. The number of carboxylic acids is 1. The highest BCUT2D eigenvalue weighted by atomic mass is 32.2. The van der Waals surface area contributed by atoms with Gasteiger partial charge in [-0.2, -0.15) is 11.8 Å². The van der Waals surface area contributed by atoms with Crippen molar-refractivity contribution in [3.63, 3.8) is 0 Å². The van der Waals surface area contributed by atoms with Crippen molar-refractivity contribution >= 4 is 17.7 Å². The highest BCUT2D eigenvalue weighted by Gasteiger charge is 2.14. The summed E-state index contributed by atoms with van der Waals surface area (Å²) in [5.74, 6) is 0.460. The number of carboxylic acid groups (broad SMARTS) is 1. The SMILES string of the molecule is CC(CSCCOC1CCCCO1)C(=O)O. The molecule has 0 aromatic carbocycles. The first-order chi connectivity index (χ1) is 7.70. The lowest BCUT2D eigenvalue weighted by atomic mass is 10.2. The molecule has 16 heavy (non-hydrogen) atoms. The molecule has 1 rings (SSSR count). The molecule has 0 bridgehead atoms. The van der Waals surface area contributed by atoms with Gasteiger partial charge in [0.05, 0.1) is 12.5 Å². The zero-order valence-corrected chi connectivity index (χ0v) is 10.5. The summed E-state index contributed by atoms with van der Waals surface area (Å²) in [4.78, 5) is 10.5. The Balaban J connectivity index is 1.93. The van der Waals surface area contributed by atoms with Crippen molar-refractivity contribution in [1.29, 1.82) is 0 Å². The van der Waals surface area contributed by atoms with E-state index in [0.29, 0.717) is 12.4 Å². The highest BCUT2D eigenvalue weighted by Crippen LogP contribution is 2.14. The molecule has 1 aliphatic rings. The van der Waals surface area contributed by atoms with Crippen molar-refractivity contribution in [3.05, 3.63) is 0 Å². The number of carbonyl (C=O) groups is 1. The van der Waals surface area contributed by atoms with Crippen LogP contribution in [0.1, 0.15) is 26.2 Å². The normalized spacial score (nSPS) is 22.9. The van der Waals surface area contributed by atoms with Crippen molar-refractivity contribution in [3.8, 4) is 0 Å². The van der Waals surface area contributed by atoms with Gasteiger partial charge in [0.1, 0.15) is 0 Å². The molecule has 0 aliphatic carbocycles. The lowest BCUT2D eigenvalue weighted by Gasteiger charge is -2.22. The summed E-state index contributed by atoms with van der Waals surface area (Å²) in [6.45, 7) is 3.16. The smallest absolute Gasteiger partial charge is 0.307 e. The third-order valence-corrected chi connectivity index (χ3v) is 3.65. The van der Waals surface area contributed by atoms with Gasteiger partial charge in [0, 0.05) is 18.1 Å². The molecule has 5 heteroatoms. The average molecular weight is 248 g/mol. The van der Waals surface area contributed by atoms with E-state index in [-0.39, 0.29) is 12.2 Å². The van der Waals surface area contributed by atoms with Crippen LogP contribution in [-0.2, 0) is 14.3 Å². The second-order valence-electron chi connectivity index (χ2n) is 3.98. The molecule has 0 aromatic rings. The predicted octanol–water partition coefficient (Wildman–Crippen LogP) is 1.98. The van der Waals surface area contributed by atoms with E-state index in [2.05, 4.69) is 0 Å². The van der Waals surface area contributed by atoms with Gasteiger partial charge in [-0.15, -0.1) is 0 Å². The minimum absolute atomic E-state index is 0.0359. The van der Waals surface area contributed by atoms with Crippen LogP contribution in [0.3, 0.4) is 0 Å². The number of hydrogen-bond acceptors (Lipinski definition) is 4. The largest absolute Gasteiger partial charge is 0.481 e. The molecule has 94 valence electrons. The van der Waals surface area contributed by atoms with Gasteiger partial charge < -0.3 is 14.6 Å². The van der Waals surface area contributed by atoms with Crippen LogP contribution in [0.5, 0.6) is 0 Å². The molecule has 0 radical (unpaired) electrons. The summed E-state index contributed by atoms with van der Waals surface area (Å²) in [5, 5.41) is 8.68. The summed E-state index contributed by atoms with van der Waals surface area (Å²) in [6.07, 6.45) is 3.25. The van der Waals surface area contributed by atoms with E-state index in [9.17, 15) is 4.79 Å². The lowest BCUT2D eigenvalue weighted by molar-refractivity contribution is -0.158. The van der Waals surface area contributed by atoms with Gasteiger partial charge in [-0.3, -0.25) is 4.79 Å². The summed E-state index contributed by atoms with van der Waals surface area (Å²) >= 11 is 1.62. The molecule has 0 amide bonds. The standard InChI is InChI=1S/C11H20O4S/c1-9(11(12)13)8-16-7-6-15-10-4-2-3-5-14-10/h9-10H,2-8H2,1H3,(H,12,13). The Morgan fingerprint density at radius 2 is 2.44 bits per heavy atom. The van der Waals surface area contributed by atoms with Gasteiger partial charge >= 0.3 is 5.97 Å². The van der Waals surface area contributed by atoms with Crippen LogP contribution in [0.2, 0.25) is 0 Å². The first kappa shape index (κ1) is 13.8. The quantitative estimate of drug-likeness (QED) is 0.698. The third kappa shape index (κ3) is 5.72. The predicted molar refractivity (Wildman–Crippen MR) is 63.7 cm³/mol. The molecule has 1 fully saturated rings. The van der Waals surface area contributed by atoms with Gasteiger partial charge in [0.15, 0.2) is 6.29 Å². The van der Waals surface area contributed by atoms with E-state index < -0.39 is 5.97 Å². The number of thioether (sulfide) groups is 1. The van der Waals surface area contributed by atoms with E-state index >= 15 is 0 Å². The Morgan fingerprint density at radius 3 is 3.06 bits per heavy atom. The van der Waals surface area contributed by atoms with E-state index in [1.807, 2.05) is 0 Å². The number of ether oxygens (including phenoxy) is 2. The minimum Gasteiger partial charge on any atom is -0.481 e. The van der Waals surface area contributed by atoms with Crippen LogP contribution in [0.25, 0.3) is 0 Å². The van der Waals surface area contributed by atoms with E-state index in [0.717, 1.165) is 25.2 Å². The topological polar surface area (TPSA) is 55.8 Å². The molecule has 1 heterocycles. The van der Waals surface area contributed by atoms with Crippen molar-refractivity contribution in [2.75, 3.05) is 24.7 Å². The number of hydrogen-bond donors (Lipinski definition) is 1. The van der Waals surface area contributed by atoms with Gasteiger partial charge in [0.25, 0.3) is 0 Å². The molecule has 0 saturated carbocycles. The van der Waals surface area contributed by atoms with E-state index in [4.69, 9.17) is 14.6 Å². The van der Waals surface area contributed by atoms with Crippen LogP contribution < -0.4 is 0 Å². The van der Waals surface area contributed by atoms with Gasteiger partial charge in [-0.05, 0) is 19.3 Å². The van der Waals surface area contributed by atoms with Crippen LogP contribution in [0.15, 0.2) is 0 Å². The number of rotatable bonds is 7. The summed E-state index contributed by atoms with van der Waals surface area (Å²) < 4.78 is 11.0.